The largest absolute Gasteiger partial charge is 0.391 e. The number of aliphatic hydroxyl groups excluding tert-OH is 1. The van der Waals surface area contributed by atoms with E-state index in [1.807, 2.05) is 54.6 Å². The van der Waals surface area contributed by atoms with Gasteiger partial charge in [0.2, 0.25) is 17.7 Å². The van der Waals surface area contributed by atoms with Crippen molar-refractivity contribution in [3.05, 3.63) is 108 Å². The fourth-order valence-corrected chi connectivity index (χ4v) is 9.70. The minimum atomic E-state index is -0.817. The summed E-state index contributed by atoms with van der Waals surface area (Å²) < 4.78 is 0. The highest BCUT2D eigenvalue weighted by Crippen LogP contribution is 2.43. The molecule has 0 radical (unpaired) electrons. The first-order valence-corrected chi connectivity index (χ1v) is 19.9. The predicted octanol–water partition coefficient (Wildman–Crippen LogP) is 5.77. The smallest absolute Gasteiger partial charge is 0.246 e. The Morgan fingerprint density at radius 3 is 1.85 bits per heavy atom. The summed E-state index contributed by atoms with van der Waals surface area (Å²) in [5.74, 6) is 0.712. The molecule has 3 aromatic carbocycles. The van der Waals surface area contributed by atoms with Crippen LogP contribution >= 0.6 is 0 Å². The van der Waals surface area contributed by atoms with Crippen molar-refractivity contribution in [2.24, 2.45) is 11.8 Å². The highest BCUT2D eigenvalue weighted by Gasteiger charge is 2.47. The van der Waals surface area contributed by atoms with E-state index in [-0.39, 0.29) is 37.1 Å². The summed E-state index contributed by atoms with van der Waals surface area (Å²) in [6, 6.07) is 28.9. The van der Waals surface area contributed by atoms with Crippen LogP contribution in [0.25, 0.3) is 0 Å². The van der Waals surface area contributed by atoms with Crippen LogP contribution in [0.2, 0.25) is 0 Å². The number of piperidine rings is 1. The van der Waals surface area contributed by atoms with Crippen molar-refractivity contribution < 1.29 is 19.5 Å². The lowest BCUT2D eigenvalue weighted by Gasteiger charge is -2.38. The number of β-amino-alcohol motifs (C(OH)–C–C–N with tert-alkyl or cyclic N) is 1. The topological polar surface area (TPSA) is 93.2 Å². The monoisotopic (exact) mass is 704 g/mol. The van der Waals surface area contributed by atoms with Crippen LogP contribution in [0.1, 0.15) is 87.3 Å². The molecule has 3 saturated heterocycles. The Morgan fingerprint density at radius 1 is 0.654 bits per heavy atom. The predicted molar refractivity (Wildman–Crippen MR) is 203 cm³/mol. The van der Waals surface area contributed by atoms with Crippen LogP contribution in [0.4, 0.5) is 0 Å². The number of nitrogens with one attached hydrogen (secondary N) is 1. The minimum Gasteiger partial charge on any atom is -0.391 e. The molecule has 1 unspecified atom stereocenters. The fraction of sp³-hybridized carbons (Fsp3) is 0.523. The van der Waals surface area contributed by atoms with Gasteiger partial charge in [0.25, 0.3) is 0 Å². The van der Waals surface area contributed by atoms with Gasteiger partial charge in [-0.1, -0.05) is 110 Å². The molecule has 4 fully saturated rings. The van der Waals surface area contributed by atoms with Gasteiger partial charge in [-0.3, -0.25) is 14.4 Å². The maximum absolute atomic E-state index is 14.7. The number of hydrogen-bond acceptors (Lipinski definition) is 5. The number of benzene rings is 3. The third-order valence-electron chi connectivity index (χ3n) is 12.3. The van der Waals surface area contributed by atoms with Crippen molar-refractivity contribution in [2.75, 3.05) is 39.3 Å². The second-order valence-electron chi connectivity index (χ2n) is 15.8. The van der Waals surface area contributed by atoms with Crippen molar-refractivity contribution >= 4 is 17.7 Å². The highest BCUT2D eigenvalue weighted by atomic mass is 16.3. The van der Waals surface area contributed by atoms with Crippen molar-refractivity contribution in [1.29, 1.82) is 0 Å². The lowest BCUT2D eigenvalue weighted by Crippen LogP contribution is -2.54. The van der Waals surface area contributed by atoms with E-state index in [9.17, 15) is 19.5 Å². The van der Waals surface area contributed by atoms with Gasteiger partial charge in [0.1, 0.15) is 12.1 Å². The van der Waals surface area contributed by atoms with Gasteiger partial charge in [-0.05, 0) is 73.6 Å². The molecule has 3 aromatic rings. The van der Waals surface area contributed by atoms with Gasteiger partial charge in [-0.2, -0.15) is 0 Å². The van der Waals surface area contributed by atoms with E-state index < -0.39 is 23.6 Å². The molecule has 1 aliphatic carbocycles. The summed E-state index contributed by atoms with van der Waals surface area (Å²) in [6.45, 7) is 4.56. The second-order valence-corrected chi connectivity index (χ2v) is 15.8. The Balaban J connectivity index is 1.05. The highest BCUT2D eigenvalue weighted by molar-refractivity contribution is 5.93. The zero-order valence-corrected chi connectivity index (χ0v) is 30.6. The molecule has 0 bridgehead atoms. The van der Waals surface area contributed by atoms with E-state index in [4.69, 9.17) is 0 Å². The molecule has 0 spiro atoms. The molecule has 3 amide bonds. The first kappa shape index (κ1) is 36.4. The van der Waals surface area contributed by atoms with Crippen LogP contribution in [-0.2, 0) is 19.8 Å². The van der Waals surface area contributed by atoms with Gasteiger partial charge in [0.15, 0.2) is 0 Å². The Kier molecular flexibility index (Phi) is 11.7. The van der Waals surface area contributed by atoms with E-state index in [1.54, 1.807) is 9.80 Å². The molecule has 7 rings (SSSR count). The number of carbonyl (C=O) groups is 3. The van der Waals surface area contributed by atoms with E-state index in [1.165, 1.54) is 38.6 Å². The number of carbonyl (C=O) groups excluding carboxylic acids is 3. The van der Waals surface area contributed by atoms with Gasteiger partial charge >= 0.3 is 0 Å². The Hall–Kier alpha value is -4.01. The van der Waals surface area contributed by atoms with Crippen LogP contribution in [0.5, 0.6) is 0 Å². The van der Waals surface area contributed by atoms with E-state index in [2.05, 4.69) is 46.6 Å². The third-order valence-corrected chi connectivity index (χ3v) is 12.3. The summed E-state index contributed by atoms with van der Waals surface area (Å²) in [6.07, 6.45) is 9.85. The van der Waals surface area contributed by atoms with Crippen LogP contribution in [0.15, 0.2) is 91.0 Å². The lowest BCUT2D eigenvalue weighted by molar-refractivity contribution is -0.146. The number of nitrogens with zero attached hydrogens (tertiary/aromatic N) is 3. The number of rotatable bonds is 11. The molecule has 3 aliphatic heterocycles. The maximum atomic E-state index is 14.7. The SMILES string of the molecule is O=C(NCC1CCCN(CC2CCCCC2)C1)[C@H]1CCCN1C(=O)[C@@H]1C[C@@H](O)CN1C(=O)CC(c1ccccc1)(c1ccccc1)c1ccccc1. The van der Waals surface area contributed by atoms with Crippen molar-refractivity contribution in [2.45, 2.75) is 94.2 Å². The van der Waals surface area contributed by atoms with Gasteiger partial charge < -0.3 is 25.1 Å². The lowest BCUT2D eigenvalue weighted by atomic mass is 9.67. The van der Waals surface area contributed by atoms with Gasteiger partial charge in [0.05, 0.1) is 11.5 Å². The maximum Gasteiger partial charge on any atom is 0.246 e. The Bertz CT molecular complexity index is 1530. The summed E-state index contributed by atoms with van der Waals surface area (Å²) >= 11 is 0. The fourth-order valence-electron chi connectivity index (χ4n) is 9.70. The molecule has 4 aliphatic rings. The Morgan fingerprint density at radius 2 is 1.23 bits per heavy atom. The van der Waals surface area contributed by atoms with Crippen LogP contribution in [0, 0.1) is 11.8 Å². The molecule has 1 saturated carbocycles. The molecule has 8 heteroatoms. The molecular weight excluding hydrogens is 649 g/mol. The molecule has 2 N–H and O–H groups in total. The van der Waals surface area contributed by atoms with Crippen LogP contribution in [0.3, 0.4) is 0 Å². The van der Waals surface area contributed by atoms with E-state index in [0.29, 0.717) is 25.4 Å². The van der Waals surface area contributed by atoms with Gasteiger partial charge in [-0.15, -0.1) is 0 Å². The molecule has 8 nitrogen and oxygen atoms in total. The molecular formula is C44H56N4O4. The van der Waals surface area contributed by atoms with Crippen LogP contribution < -0.4 is 5.32 Å². The number of hydrogen-bond donors (Lipinski definition) is 2. The average Bonchev–Trinajstić information content (AvgIpc) is 3.85. The minimum absolute atomic E-state index is 0.0879. The van der Waals surface area contributed by atoms with Crippen molar-refractivity contribution in [3.63, 3.8) is 0 Å². The number of aliphatic hydroxyl groups is 1. The summed E-state index contributed by atoms with van der Waals surface area (Å²) in [5.41, 5.74) is 2.13. The summed E-state index contributed by atoms with van der Waals surface area (Å²) in [5, 5.41) is 14.2. The second kappa shape index (κ2) is 16.8. The summed E-state index contributed by atoms with van der Waals surface area (Å²) in [4.78, 5) is 48.6. The van der Waals surface area contributed by atoms with E-state index >= 15 is 0 Å². The molecule has 52 heavy (non-hydrogen) atoms. The quantitative estimate of drug-likeness (QED) is 0.248. The van der Waals surface area contributed by atoms with E-state index in [0.717, 1.165) is 55.0 Å². The van der Waals surface area contributed by atoms with Gasteiger partial charge in [-0.25, -0.2) is 0 Å². The zero-order valence-electron chi connectivity index (χ0n) is 30.6. The van der Waals surface area contributed by atoms with Crippen molar-refractivity contribution in [3.8, 4) is 0 Å². The van der Waals surface area contributed by atoms with Crippen LogP contribution in [-0.4, -0.2) is 95.0 Å². The summed E-state index contributed by atoms with van der Waals surface area (Å²) in [7, 11) is 0. The standard InChI is InChI=1S/C44H56N4O4/c49-38-27-40(43(52)47-26-14-24-39(47)42(51)45-29-34-17-13-25-46(31-34)30-33-15-5-1-6-16-33)48(32-38)41(50)28-44(35-18-7-2-8-19-35,36-20-9-3-10-21-36)37-22-11-4-12-23-37/h2-4,7-12,18-23,33-34,38-40,49H,1,5-6,13-17,24-32H2,(H,45,51)/t34?,38-,39-,40+/m1/s1. The molecule has 276 valence electrons. The van der Waals surface area contributed by atoms with Gasteiger partial charge in [0, 0.05) is 45.6 Å². The average molecular weight is 705 g/mol. The van der Waals surface area contributed by atoms with Crippen molar-refractivity contribution in [1.82, 2.24) is 20.0 Å². The number of amides is 3. The molecule has 4 atom stereocenters. The first-order chi connectivity index (χ1) is 25.4. The molecule has 3 heterocycles. The molecule has 0 aromatic heterocycles. The number of likely N-dealkylation sites (tertiary alicyclic amines) is 3. The Labute approximate surface area is 309 Å². The third kappa shape index (κ3) is 7.98. The first-order valence-electron chi connectivity index (χ1n) is 19.9. The normalized spacial score (nSPS) is 24.6. The zero-order chi connectivity index (χ0) is 35.9.